The molecule has 0 heterocycles. The van der Waals surface area contributed by atoms with Crippen molar-refractivity contribution in [2.45, 2.75) is 19.4 Å². The van der Waals surface area contributed by atoms with Crippen molar-refractivity contribution in [1.29, 1.82) is 0 Å². The van der Waals surface area contributed by atoms with Crippen molar-refractivity contribution in [3.8, 4) is 28.0 Å². The third kappa shape index (κ3) is 5.44. The van der Waals surface area contributed by atoms with Crippen LogP contribution in [0.1, 0.15) is 16.7 Å². The van der Waals surface area contributed by atoms with Crippen molar-refractivity contribution in [2.24, 2.45) is 0 Å². The van der Waals surface area contributed by atoms with Crippen LogP contribution in [0.15, 0.2) is 133 Å². The minimum atomic E-state index is 0.589. The van der Waals surface area contributed by atoms with E-state index < -0.39 is 0 Å². The molecule has 0 amide bonds. The molecule has 0 spiro atoms. The van der Waals surface area contributed by atoms with E-state index in [1.807, 2.05) is 24.3 Å². The van der Waals surface area contributed by atoms with Gasteiger partial charge in [0.1, 0.15) is 12.4 Å². The summed E-state index contributed by atoms with van der Waals surface area (Å²) in [5.74, 6) is 0.922. The molecule has 0 bridgehead atoms. The molecule has 0 aliphatic rings. The Bertz CT molecular complexity index is 1330. The predicted octanol–water partition coefficient (Wildman–Crippen LogP) is 8.38. The molecule has 0 saturated carbocycles. The van der Waals surface area contributed by atoms with E-state index in [0.717, 1.165) is 18.6 Å². The van der Waals surface area contributed by atoms with Crippen LogP contribution in [0.3, 0.4) is 0 Å². The van der Waals surface area contributed by atoms with E-state index in [-0.39, 0.29) is 0 Å². The summed E-state index contributed by atoms with van der Waals surface area (Å²) in [5.41, 5.74) is 8.86. The standard InChI is InChI=1S/C33H28O/c1-4-11-28(12-5-1)25-34-31-18-10-13-26(23-31)19-20-27-21-22-32(29-14-6-2-7-15-29)33(24-27)30-16-8-3-9-17-30/h1-18,21-24H,19-20,25H2. The van der Waals surface area contributed by atoms with Gasteiger partial charge < -0.3 is 4.74 Å². The fraction of sp³-hybridized carbons (Fsp3) is 0.0909. The molecular formula is C33H28O. The van der Waals surface area contributed by atoms with Crippen molar-refractivity contribution in [3.63, 3.8) is 0 Å². The number of hydrogen-bond donors (Lipinski definition) is 0. The summed E-state index contributed by atoms with van der Waals surface area (Å²) in [6.45, 7) is 0.589. The van der Waals surface area contributed by atoms with E-state index in [1.165, 1.54) is 38.9 Å². The van der Waals surface area contributed by atoms with E-state index in [0.29, 0.717) is 6.61 Å². The number of ether oxygens (including phenoxy) is 1. The van der Waals surface area contributed by atoms with Gasteiger partial charge in [-0.15, -0.1) is 0 Å². The maximum Gasteiger partial charge on any atom is 0.120 e. The van der Waals surface area contributed by atoms with E-state index in [9.17, 15) is 0 Å². The van der Waals surface area contributed by atoms with Crippen molar-refractivity contribution < 1.29 is 4.74 Å². The third-order valence-electron chi connectivity index (χ3n) is 6.10. The van der Waals surface area contributed by atoms with E-state index in [4.69, 9.17) is 4.74 Å². The lowest BCUT2D eigenvalue weighted by atomic mass is 9.91. The van der Waals surface area contributed by atoms with Gasteiger partial charge in [-0.2, -0.15) is 0 Å². The summed E-state index contributed by atoms with van der Waals surface area (Å²) < 4.78 is 6.03. The molecule has 34 heavy (non-hydrogen) atoms. The molecule has 0 aromatic heterocycles. The lowest BCUT2D eigenvalue weighted by molar-refractivity contribution is 0.306. The zero-order valence-electron chi connectivity index (χ0n) is 19.2. The van der Waals surface area contributed by atoms with Crippen LogP contribution >= 0.6 is 0 Å². The molecule has 0 radical (unpaired) electrons. The molecule has 5 aromatic rings. The first-order chi connectivity index (χ1) is 16.8. The smallest absolute Gasteiger partial charge is 0.120 e. The lowest BCUT2D eigenvalue weighted by Gasteiger charge is -2.13. The lowest BCUT2D eigenvalue weighted by Crippen LogP contribution is -1.97. The van der Waals surface area contributed by atoms with Gasteiger partial charge in [-0.1, -0.05) is 121 Å². The highest BCUT2D eigenvalue weighted by molar-refractivity contribution is 5.83. The molecule has 0 saturated heterocycles. The van der Waals surface area contributed by atoms with Gasteiger partial charge in [-0.25, -0.2) is 0 Å². The van der Waals surface area contributed by atoms with Gasteiger partial charge in [-0.05, 0) is 63.9 Å². The zero-order valence-corrected chi connectivity index (χ0v) is 19.2. The van der Waals surface area contributed by atoms with Crippen LogP contribution < -0.4 is 4.74 Å². The molecule has 0 unspecified atom stereocenters. The van der Waals surface area contributed by atoms with E-state index >= 15 is 0 Å². The highest BCUT2D eigenvalue weighted by atomic mass is 16.5. The average Bonchev–Trinajstić information content (AvgIpc) is 2.92. The molecule has 0 N–H and O–H groups in total. The monoisotopic (exact) mass is 440 g/mol. The van der Waals surface area contributed by atoms with Crippen LogP contribution in [0.4, 0.5) is 0 Å². The largest absolute Gasteiger partial charge is 0.489 e. The first-order valence-electron chi connectivity index (χ1n) is 11.8. The Morgan fingerprint density at radius 1 is 0.412 bits per heavy atom. The molecule has 1 nitrogen and oxygen atoms in total. The van der Waals surface area contributed by atoms with E-state index in [1.54, 1.807) is 0 Å². The molecule has 0 aliphatic heterocycles. The minimum Gasteiger partial charge on any atom is -0.489 e. The Morgan fingerprint density at radius 3 is 1.65 bits per heavy atom. The van der Waals surface area contributed by atoms with Crippen LogP contribution in [0, 0.1) is 0 Å². The fourth-order valence-electron chi connectivity index (χ4n) is 4.29. The second-order valence-electron chi connectivity index (χ2n) is 8.53. The highest BCUT2D eigenvalue weighted by Crippen LogP contribution is 2.33. The molecular weight excluding hydrogens is 412 g/mol. The van der Waals surface area contributed by atoms with Crippen LogP contribution in [-0.2, 0) is 19.4 Å². The van der Waals surface area contributed by atoms with Crippen LogP contribution in [0.2, 0.25) is 0 Å². The number of rotatable bonds is 8. The Balaban J connectivity index is 1.33. The SMILES string of the molecule is c1ccc(COc2cccc(CCc3ccc(-c4ccccc4)c(-c4ccccc4)c3)c2)cc1. The second kappa shape index (κ2) is 10.7. The van der Waals surface area contributed by atoms with Crippen molar-refractivity contribution in [3.05, 3.63) is 150 Å². The Morgan fingerprint density at radius 2 is 0.971 bits per heavy atom. The maximum absolute atomic E-state index is 6.03. The highest BCUT2D eigenvalue weighted by Gasteiger charge is 2.09. The van der Waals surface area contributed by atoms with Gasteiger partial charge in [-0.3, -0.25) is 0 Å². The van der Waals surface area contributed by atoms with Gasteiger partial charge in [0.2, 0.25) is 0 Å². The van der Waals surface area contributed by atoms with E-state index in [2.05, 4.69) is 109 Å². The summed E-state index contributed by atoms with van der Waals surface area (Å²) in [4.78, 5) is 0. The van der Waals surface area contributed by atoms with Gasteiger partial charge in [0, 0.05) is 0 Å². The average molecular weight is 441 g/mol. The number of benzene rings is 5. The molecule has 166 valence electrons. The minimum absolute atomic E-state index is 0.589. The van der Waals surface area contributed by atoms with Gasteiger partial charge in [0.25, 0.3) is 0 Å². The molecule has 0 fully saturated rings. The van der Waals surface area contributed by atoms with Crippen LogP contribution in [0.25, 0.3) is 22.3 Å². The van der Waals surface area contributed by atoms with Gasteiger partial charge in [0.05, 0.1) is 0 Å². The summed E-state index contributed by atoms with van der Waals surface area (Å²) >= 11 is 0. The Hall–Kier alpha value is -4.10. The van der Waals surface area contributed by atoms with Crippen LogP contribution in [0.5, 0.6) is 5.75 Å². The molecule has 1 heteroatoms. The number of aryl methyl sites for hydroxylation is 2. The third-order valence-corrected chi connectivity index (χ3v) is 6.10. The predicted molar refractivity (Wildman–Crippen MR) is 142 cm³/mol. The molecule has 0 atom stereocenters. The van der Waals surface area contributed by atoms with Crippen molar-refractivity contribution in [1.82, 2.24) is 0 Å². The fourth-order valence-corrected chi connectivity index (χ4v) is 4.29. The summed E-state index contributed by atoms with van der Waals surface area (Å²) in [6.07, 6.45) is 1.96. The zero-order chi connectivity index (χ0) is 23.0. The van der Waals surface area contributed by atoms with Gasteiger partial charge >= 0.3 is 0 Å². The summed E-state index contributed by atoms with van der Waals surface area (Å²) in [5, 5.41) is 0. The van der Waals surface area contributed by atoms with Crippen molar-refractivity contribution >= 4 is 0 Å². The molecule has 0 aliphatic carbocycles. The number of hydrogen-bond acceptors (Lipinski definition) is 1. The Kier molecular flexibility index (Phi) is 6.82. The second-order valence-corrected chi connectivity index (χ2v) is 8.53. The molecule has 5 aromatic carbocycles. The first-order valence-corrected chi connectivity index (χ1v) is 11.8. The molecule has 5 rings (SSSR count). The summed E-state index contributed by atoms with van der Waals surface area (Å²) in [7, 11) is 0. The van der Waals surface area contributed by atoms with Gasteiger partial charge in [0.15, 0.2) is 0 Å². The topological polar surface area (TPSA) is 9.23 Å². The first kappa shape index (κ1) is 21.7. The quantitative estimate of drug-likeness (QED) is 0.235. The normalized spacial score (nSPS) is 10.7. The summed E-state index contributed by atoms with van der Waals surface area (Å²) in [6, 6.07) is 47.0. The van der Waals surface area contributed by atoms with Crippen molar-refractivity contribution in [2.75, 3.05) is 0 Å². The maximum atomic E-state index is 6.03. The van der Waals surface area contributed by atoms with Crippen LogP contribution in [-0.4, -0.2) is 0 Å². The Labute approximate surface area is 202 Å².